The normalized spacial score (nSPS) is 16.2. The number of rotatable bonds is 2. The summed E-state index contributed by atoms with van der Waals surface area (Å²) < 4.78 is 5.80. The lowest BCUT2D eigenvalue weighted by atomic mass is 10.2. The van der Waals surface area contributed by atoms with E-state index in [0.29, 0.717) is 28.7 Å². The van der Waals surface area contributed by atoms with E-state index < -0.39 is 0 Å². The van der Waals surface area contributed by atoms with Crippen LogP contribution in [0.5, 0.6) is 5.75 Å². The van der Waals surface area contributed by atoms with Crippen molar-refractivity contribution < 1.29 is 9.53 Å². The molecule has 25 heavy (non-hydrogen) atoms. The number of anilines is 1. The van der Waals surface area contributed by atoms with E-state index in [-0.39, 0.29) is 12.0 Å². The van der Waals surface area contributed by atoms with Gasteiger partial charge in [-0.1, -0.05) is 11.6 Å². The zero-order chi connectivity index (χ0) is 17.4. The van der Waals surface area contributed by atoms with Gasteiger partial charge in [0.25, 0.3) is 5.91 Å². The first kappa shape index (κ1) is 16.1. The molecule has 0 saturated carbocycles. The van der Waals surface area contributed by atoms with Crippen LogP contribution in [0.2, 0.25) is 5.02 Å². The molecule has 1 atom stereocenters. The van der Waals surface area contributed by atoms with Crippen LogP contribution < -0.4 is 9.64 Å². The molecule has 0 bridgehead atoms. The van der Waals surface area contributed by atoms with Crippen molar-refractivity contribution in [3.05, 3.63) is 58.8 Å². The van der Waals surface area contributed by atoms with E-state index in [0.717, 1.165) is 10.6 Å². The Morgan fingerprint density at radius 1 is 1.32 bits per heavy atom. The minimum atomic E-state index is -0.157. The Morgan fingerprint density at radius 3 is 2.92 bits per heavy atom. The van der Waals surface area contributed by atoms with Crippen molar-refractivity contribution in [2.24, 2.45) is 0 Å². The van der Waals surface area contributed by atoms with E-state index in [4.69, 9.17) is 16.3 Å². The molecule has 0 unspecified atom stereocenters. The van der Waals surface area contributed by atoms with Gasteiger partial charge in [0.1, 0.15) is 22.6 Å². The Kier molecular flexibility index (Phi) is 4.15. The summed E-state index contributed by atoms with van der Waals surface area (Å²) in [5, 5.41) is 3.13. The van der Waals surface area contributed by atoms with Gasteiger partial charge in [-0.25, -0.2) is 4.98 Å². The third-order valence-electron chi connectivity index (χ3n) is 3.88. The number of amides is 1. The monoisotopic (exact) mass is 371 g/mol. The number of benzene rings is 1. The van der Waals surface area contributed by atoms with Crippen molar-refractivity contribution in [1.82, 2.24) is 9.97 Å². The standard InChI is InChI=1S/C18H14ClN3O2S/c1-11-9-22(15-8-13(19)2-3-16(15)24-11)18(23)14-10-25-17(21-14)12-4-6-20-7-5-12/h2-8,10-11H,9H2,1H3/t11-/m1/s1. The zero-order valence-corrected chi connectivity index (χ0v) is 14.9. The number of halogens is 1. The lowest BCUT2D eigenvalue weighted by molar-refractivity contribution is 0.0957. The molecule has 1 aromatic carbocycles. The highest BCUT2D eigenvalue weighted by Gasteiger charge is 2.29. The fourth-order valence-electron chi connectivity index (χ4n) is 2.74. The summed E-state index contributed by atoms with van der Waals surface area (Å²) >= 11 is 7.54. The molecule has 1 aliphatic heterocycles. The van der Waals surface area contributed by atoms with E-state index in [1.807, 2.05) is 19.1 Å². The van der Waals surface area contributed by atoms with Crippen LogP contribution in [-0.2, 0) is 0 Å². The highest BCUT2D eigenvalue weighted by atomic mass is 35.5. The molecule has 0 aliphatic carbocycles. The number of pyridine rings is 1. The third kappa shape index (κ3) is 3.10. The second-order valence-electron chi connectivity index (χ2n) is 5.73. The Bertz CT molecular complexity index is 929. The van der Waals surface area contributed by atoms with E-state index in [1.54, 1.807) is 40.9 Å². The Balaban J connectivity index is 1.68. The molecule has 3 aromatic rings. The maximum absolute atomic E-state index is 13.0. The van der Waals surface area contributed by atoms with Gasteiger partial charge in [-0.15, -0.1) is 11.3 Å². The Morgan fingerprint density at radius 2 is 2.12 bits per heavy atom. The predicted octanol–water partition coefficient (Wildman–Crippen LogP) is 4.29. The summed E-state index contributed by atoms with van der Waals surface area (Å²) in [7, 11) is 0. The summed E-state index contributed by atoms with van der Waals surface area (Å²) in [5.41, 5.74) is 2.03. The molecule has 0 radical (unpaired) electrons. The van der Waals surface area contributed by atoms with Crippen LogP contribution >= 0.6 is 22.9 Å². The highest BCUT2D eigenvalue weighted by molar-refractivity contribution is 7.13. The summed E-state index contributed by atoms with van der Waals surface area (Å²) in [5.74, 6) is 0.497. The van der Waals surface area contributed by atoms with Gasteiger partial charge >= 0.3 is 0 Å². The van der Waals surface area contributed by atoms with Gasteiger partial charge in [-0.2, -0.15) is 0 Å². The number of carbonyl (C=O) groups excluding carboxylic acids is 1. The maximum atomic E-state index is 13.0. The fourth-order valence-corrected chi connectivity index (χ4v) is 3.71. The fraction of sp³-hybridized carbons (Fsp3) is 0.167. The molecule has 7 heteroatoms. The van der Waals surface area contributed by atoms with Crippen LogP contribution in [0.3, 0.4) is 0 Å². The molecule has 126 valence electrons. The van der Waals surface area contributed by atoms with Crippen molar-refractivity contribution in [2.75, 3.05) is 11.4 Å². The minimum absolute atomic E-state index is 0.101. The first-order valence-corrected chi connectivity index (χ1v) is 9.01. The molecule has 0 N–H and O–H groups in total. The maximum Gasteiger partial charge on any atom is 0.278 e. The van der Waals surface area contributed by atoms with E-state index >= 15 is 0 Å². The molecular weight excluding hydrogens is 358 g/mol. The van der Waals surface area contributed by atoms with E-state index in [2.05, 4.69) is 9.97 Å². The van der Waals surface area contributed by atoms with Gasteiger partial charge in [0.2, 0.25) is 0 Å². The predicted molar refractivity (Wildman–Crippen MR) is 98.6 cm³/mol. The van der Waals surface area contributed by atoms with Crippen LogP contribution in [0, 0.1) is 0 Å². The number of hydrogen-bond donors (Lipinski definition) is 0. The number of fused-ring (bicyclic) bond motifs is 1. The lowest BCUT2D eigenvalue weighted by Crippen LogP contribution is -2.42. The molecule has 1 aliphatic rings. The van der Waals surface area contributed by atoms with Crippen LogP contribution in [0.25, 0.3) is 10.6 Å². The molecule has 0 saturated heterocycles. The number of hydrogen-bond acceptors (Lipinski definition) is 5. The molecule has 0 spiro atoms. The van der Waals surface area contributed by atoms with E-state index in [9.17, 15) is 4.79 Å². The molecule has 1 amide bonds. The molecule has 0 fully saturated rings. The second-order valence-corrected chi connectivity index (χ2v) is 7.02. The van der Waals surface area contributed by atoms with Crippen LogP contribution in [-0.4, -0.2) is 28.5 Å². The second kappa shape index (κ2) is 6.46. The van der Waals surface area contributed by atoms with Crippen molar-refractivity contribution in [3.8, 4) is 16.3 Å². The number of ether oxygens (including phenoxy) is 1. The minimum Gasteiger partial charge on any atom is -0.487 e. The highest BCUT2D eigenvalue weighted by Crippen LogP contribution is 2.36. The summed E-state index contributed by atoms with van der Waals surface area (Å²) in [4.78, 5) is 23.2. The van der Waals surface area contributed by atoms with Crippen molar-refractivity contribution >= 4 is 34.5 Å². The van der Waals surface area contributed by atoms with Gasteiger partial charge in [-0.3, -0.25) is 14.7 Å². The first-order valence-electron chi connectivity index (χ1n) is 7.76. The SMILES string of the molecule is C[C@@H]1CN(C(=O)c2csc(-c3ccncc3)n2)c2cc(Cl)ccc2O1. The Labute approximate surface area is 153 Å². The first-order chi connectivity index (χ1) is 12.1. The third-order valence-corrected chi connectivity index (χ3v) is 5.00. The van der Waals surface area contributed by atoms with Crippen molar-refractivity contribution in [1.29, 1.82) is 0 Å². The van der Waals surface area contributed by atoms with Gasteiger partial charge < -0.3 is 4.74 Å². The summed E-state index contributed by atoms with van der Waals surface area (Å²) in [6.07, 6.45) is 3.32. The molecule has 5 nitrogen and oxygen atoms in total. The van der Waals surface area contributed by atoms with Crippen LogP contribution in [0.1, 0.15) is 17.4 Å². The van der Waals surface area contributed by atoms with Gasteiger partial charge in [0.05, 0.1) is 12.2 Å². The van der Waals surface area contributed by atoms with Gasteiger partial charge in [0.15, 0.2) is 0 Å². The number of carbonyl (C=O) groups is 1. The summed E-state index contributed by atoms with van der Waals surface area (Å²) in [6.45, 7) is 2.38. The largest absolute Gasteiger partial charge is 0.487 e. The Hall–Kier alpha value is -2.44. The zero-order valence-electron chi connectivity index (χ0n) is 13.3. The van der Waals surface area contributed by atoms with Gasteiger partial charge in [0, 0.05) is 28.4 Å². The smallest absolute Gasteiger partial charge is 0.278 e. The molecule has 3 heterocycles. The molecule has 4 rings (SSSR count). The topological polar surface area (TPSA) is 55.3 Å². The number of nitrogens with zero attached hydrogens (tertiary/aromatic N) is 3. The van der Waals surface area contributed by atoms with Gasteiger partial charge in [-0.05, 0) is 37.3 Å². The van der Waals surface area contributed by atoms with Crippen LogP contribution in [0.15, 0.2) is 48.1 Å². The quantitative estimate of drug-likeness (QED) is 0.674. The molecule has 2 aromatic heterocycles. The van der Waals surface area contributed by atoms with Crippen LogP contribution in [0.4, 0.5) is 5.69 Å². The van der Waals surface area contributed by atoms with Crippen molar-refractivity contribution in [3.63, 3.8) is 0 Å². The lowest BCUT2D eigenvalue weighted by Gasteiger charge is -2.33. The average molecular weight is 372 g/mol. The van der Waals surface area contributed by atoms with E-state index in [1.165, 1.54) is 11.3 Å². The van der Waals surface area contributed by atoms with Crippen molar-refractivity contribution in [2.45, 2.75) is 13.0 Å². The summed E-state index contributed by atoms with van der Waals surface area (Å²) in [6, 6.07) is 9.04. The molecular formula is C18H14ClN3O2S. The number of thiazole rings is 1. The average Bonchev–Trinajstić information content (AvgIpc) is 3.12. The number of aromatic nitrogens is 2.